The molecule has 0 spiro atoms. The number of rotatable bonds is 9. The number of carbonyl (C=O) groups excluding carboxylic acids is 1. The van der Waals surface area contributed by atoms with Crippen LogP contribution in [0, 0.1) is 13.8 Å². The van der Waals surface area contributed by atoms with Gasteiger partial charge in [0.25, 0.3) is 0 Å². The van der Waals surface area contributed by atoms with Crippen LogP contribution in [0.1, 0.15) is 27.9 Å². The van der Waals surface area contributed by atoms with E-state index in [2.05, 4.69) is 42.3 Å². The lowest BCUT2D eigenvalue weighted by Gasteiger charge is -2.06. The molecule has 0 aliphatic heterocycles. The van der Waals surface area contributed by atoms with Gasteiger partial charge in [0.1, 0.15) is 10.1 Å². The molecule has 29 heavy (non-hydrogen) atoms. The van der Waals surface area contributed by atoms with Crippen molar-refractivity contribution >= 4 is 29.0 Å². The zero-order valence-electron chi connectivity index (χ0n) is 17.0. The van der Waals surface area contributed by atoms with Gasteiger partial charge in [0.15, 0.2) is 0 Å². The van der Waals surface area contributed by atoms with Crippen LogP contribution >= 0.6 is 23.1 Å². The number of methoxy groups -OCH3 is 1. The Morgan fingerprint density at radius 1 is 1.17 bits per heavy atom. The molecule has 1 aromatic heterocycles. The lowest BCUT2D eigenvalue weighted by molar-refractivity contribution is -0.120. The van der Waals surface area contributed by atoms with Gasteiger partial charge in [0.05, 0.1) is 19.2 Å². The Hall–Kier alpha value is -2.31. The minimum Gasteiger partial charge on any atom is -0.497 e. The molecule has 152 valence electrons. The fourth-order valence-electron chi connectivity index (χ4n) is 2.90. The maximum Gasteiger partial charge on any atom is 0.226 e. The third-order valence-corrected chi connectivity index (χ3v) is 6.74. The monoisotopic (exact) mass is 426 g/mol. The van der Waals surface area contributed by atoms with E-state index in [0.717, 1.165) is 28.0 Å². The van der Waals surface area contributed by atoms with Crippen molar-refractivity contribution in [2.45, 2.75) is 36.8 Å². The van der Waals surface area contributed by atoms with Gasteiger partial charge in [0, 0.05) is 17.7 Å². The Morgan fingerprint density at radius 3 is 2.72 bits per heavy atom. The van der Waals surface area contributed by atoms with E-state index >= 15 is 0 Å². The summed E-state index contributed by atoms with van der Waals surface area (Å²) in [5.74, 6) is 1.75. The van der Waals surface area contributed by atoms with Crippen LogP contribution in [-0.2, 0) is 23.4 Å². The highest BCUT2D eigenvalue weighted by molar-refractivity contribution is 8.00. The largest absolute Gasteiger partial charge is 0.497 e. The maximum atomic E-state index is 12.2. The van der Waals surface area contributed by atoms with E-state index in [1.807, 2.05) is 29.6 Å². The Kier molecular flexibility index (Phi) is 7.72. The first kappa shape index (κ1) is 21.4. The topological polar surface area (TPSA) is 51.2 Å². The van der Waals surface area contributed by atoms with Crippen LogP contribution in [0.5, 0.6) is 5.75 Å². The lowest BCUT2D eigenvalue weighted by Crippen LogP contribution is -2.27. The highest BCUT2D eigenvalue weighted by Gasteiger charge is 2.09. The number of ether oxygens (including phenoxy) is 1. The predicted octanol–water partition coefficient (Wildman–Crippen LogP) is 4.96. The minimum atomic E-state index is 0.00916. The number of thiazole rings is 1. The molecular weight excluding hydrogens is 400 g/mol. The summed E-state index contributed by atoms with van der Waals surface area (Å²) in [6, 6.07) is 14.4. The molecule has 4 nitrogen and oxygen atoms in total. The van der Waals surface area contributed by atoms with E-state index in [4.69, 9.17) is 4.74 Å². The molecular formula is C23H26N2O2S2. The number of hydrogen-bond acceptors (Lipinski definition) is 5. The van der Waals surface area contributed by atoms with Crippen molar-refractivity contribution in [3.8, 4) is 5.75 Å². The molecule has 0 bridgehead atoms. The molecule has 0 aliphatic rings. The van der Waals surface area contributed by atoms with Crippen LogP contribution in [0.4, 0.5) is 0 Å². The summed E-state index contributed by atoms with van der Waals surface area (Å²) in [5, 5.41) is 4.96. The van der Waals surface area contributed by atoms with Crippen LogP contribution < -0.4 is 10.1 Å². The van der Waals surface area contributed by atoms with Gasteiger partial charge >= 0.3 is 0 Å². The number of nitrogens with zero attached hydrogens (tertiary/aromatic N) is 1. The maximum absolute atomic E-state index is 12.2. The van der Waals surface area contributed by atoms with E-state index in [-0.39, 0.29) is 5.91 Å². The normalized spacial score (nSPS) is 10.7. The second-order valence-electron chi connectivity index (χ2n) is 6.95. The van der Waals surface area contributed by atoms with Crippen molar-refractivity contribution in [3.63, 3.8) is 0 Å². The number of nitrogens with one attached hydrogen (secondary N) is 1. The molecule has 0 saturated carbocycles. The third kappa shape index (κ3) is 6.61. The Labute approximate surface area is 180 Å². The number of carbonyl (C=O) groups is 1. The van der Waals surface area contributed by atoms with Crippen molar-refractivity contribution in [2.75, 3.05) is 13.7 Å². The summed E-state index contributed by atoms with van der Waals surface area (Å²) in [4.78, 5) is 16.8. The highest BCUT2D eigenvalue weighted by Crippen LogP contribution is 2.28. The van der Waals surface area contributed by atoms with Crippen LogP contribution in [0.25, 0.3) is 0 Å². The SMILES string of the molecule is COc1ccc(CCNC(=O)Cc2csc(SCc3cc(C)ccc3C)n2)cc1. The summed E-state index contributed by atoms with van der Waals surface area (Å²) in [6.45, 7) is 4.87. The van der Waals surface area contributed by atoms with Crippen molar-refractivity contribution in [1.29, 1.82) is 0 Å². The smallest absolute Gasteiger partial charge is 0.226 e. The summed E-state index contributed by atoms with van der Waals surface area (Å²) in [6.07, 6.45) is 1.12. The number of hydrogen-bond donors (Lipinski definition) is 1. The molecule has 0 aliphatic carbocycles. The van der Waals surface area contributed by atoms with Crippen molar-refractivity contribution < 1.29 is 9.53 Å². The molecule has 0 radical (unpaired) electrons. The fraction of sp³-hybridized carbons (Fsp3) is 0.304. The molecule has 6 heteroatoms. The van der Waals surface area contributed by atoms with Crippen LogP contribution in [0.2, 0.25) is 0 Å². The molecule has 0 unspecified atom stereocenters. The standard InChI is InChI=1S/C23H26N2O2S2/c1-16-4-5-17(2)19(12-16)14-28-23-25-20(15-29-23)13-22(26)24-11-10-18-6-8-21(27-3)9-7-18/h4-9,12,15H,10-11,13-14H2,1-3H3,(H,24,26). The first-order valence-corrected chi connectivity index (χ1v) is 11.4. The number of thioether (sulfide) groups is 1. The average molecular weight is 427 g/mol. The Morgan fingerprint density at radius 2 is 1.97 bits per heavy atom. The number of benzene rings is 2. The van der Waals surface area contributed by atoms with Crippen molar-refractivity contribution in [3.05, 3.63) is 75.8 Å². The molecule has 0 fully saturated rings. The van der Waals surface area contributed by atoms with Gasteiger partial charge in [-0.05, 0) is 49.1 Å². The third-order valence-electron chi connectivity index (χ3n) is 4.62. The number of aryl methyl sites for hydroxylation is 2. The molecule has 3 rings (SSSR count). The zero-order chi connectivity index (χ0) is 20.6. The van der Waals surface area contributed by atoms with Gasteiger partial charge in [-0.15, -0.1) is 11.3 Å². The van der Waals surface area contributed by atoms with E-state index < -0.39 is 0 Å². The van der Waals surface area contributed by atoms with E-state index in [1.54, 1.807) is 30.2 Å². The van der Waals surface area contributed by atoms with Gasteiger partial charge in [-0.2, -0.15) is 0 Å². The van der Waals surface area contributed by atoms with E-state index in [9.17, 15) is 4.79 Å². The number of amides is 1. The number of aromatic nitrogens is 1. The van der Waals surface area contributed by atoms with Crippen LogP contribution in [0.3, 0.4) is 0 Å². The quantitative estimate of drug-likeness (QED) is 0.491. The molecule has 1 amide bonds. The molecule has 1 N–H and O–H groups in total. The van der Waals surface area contributed by atoms with Gasteiger partial charge in [-0.1, -0.05) is 47.7 Å². The lowest BCUT2D eigenvalue weighted by atomic mass is 10.1. The summed E-state index contributed by atoms with van der Waals surface area (Å²) in [5.41, 5.74) is 5.92. The summed E-state index contributed by atoms with van der Waals surface area (Å²) >= 11 is 3.33. The summed E-state index contributed by atoms with van der Waals surface area (Å²) < 4.78 is 6.16. The predicted molar refractivity (Wildman–Crippen MR) is 121 cm³/mol. The first-order chi connectivity index (χ1) is 14.0. The second-order valence-corrected chi connectivity index (χ2v) is 9.03. The van der Waals surface area contributed by atoms with Gasteiger partial charge in [-0.3, -0.25) is 4.79 Å². The van der Waals surface area contributed by atoms with Crippen LogP contribution in [0.15, 0.2) is 52.2 Å². The molecule has 0 atom stereocenters. The van der Waals surface area contributed by atoms with Crippen LogP contribution in [-0.4, -0.2) is 24.5 Å². The van der Waals surface area contributed by atoms with Gasteiger partial charge in [0.2, 0.25) is 5.91 Å². The molecule has 2 aromatic carbocycles. The van der Waals surface area contributed by atoms with Gasteiger partial charge < -0.3 is 10.1 Å². The first-order valence-electron chi connectivity index (χ1n) is 9.56. The summed E-state index contributed by atoms with van der Waals surface area (Å²) in [7, 11) is 1.65. The molecule has 3 aromatic rings. The second kappa shape index (κ2) is 10.5. The average Bonchev–Trinajstić information content (AvgIpc) is 3.16. The minimum absolute atomic E-state index is 0.00916. The highest BCUT2D eigenvalue weighted by atomic mass is 32.2. The van der Waals surface area contributed by atoms with Crippen molar-refractivity contribution in [2.24, 2.45) is 0 Å². The van der Waals surface area contributed by atoms with Crippen molar-refractivity contribution in [1.82, 2.24) is 10.3 Å². The Balaban J connectivity index is 1.42. The van der Waals surface area contributed by atoms with E-state index in [0.29, 0.717) is 13.0 Å². The van der Waals surface area contributed by atoms with Gasteiger partial charge in [-0.25, -0.2) is 4.98 Å². The zero-order valence-corrected chi connectivity index (χ0v) is 18.7. The molecule has 1 heterocycles. The van der Waals surface area contributed by atoms with E-state index in [1.165, 1.54) is 22.3 Å². The Bertz CT molecular complexity index is 952. The molecule has 0 saturated heterocycles. The fourth-order valence-corrected chi connectivity index (χ4v) is 4.80.